The van der Waals surface area contributed by atoms with Crippen molar-refractivity contribution >= 4 is 40.6 Å². The third-order valence-corrected chi connectivity index (χ3v) is 4.56. The van der Waals surface area contributed by atoms with Crippen LogP contribution < -0.4 is 26.1 Å². The minimum absolute atomic E-state index is 0. The number of nitrogens with one attached hydrogen (secondary N) is 2. The highest BCUT2D eigenvalue weighted by molar-refractivity contribution is 6.06. The molecule has 8 heteroatoms. The first kappa shape index (κ1) is 23.1. The van der Waals surface area contributed by atoms with Crippen molar-refractivity contribution in [1.29, 1.82) is 0 Å². The summed E-state index contributed by atoms with van der Waals surface area (Å²) in [5.74, 6) is 0.506. The minimum atomic E-state index is -0.503. The van der Waals surface area contributed by atoms with Crippen molar-refractivity contribution in [2.45, 2.75) is 26.2 Å². The molecule has 4 N–H and O–H groups in total. The Bertz CT molecular complexity index is 1060. The molecule has 0 aliphatic rings. The van der Waals surface area contributed by atoms with Crippen molar-refractivity contribution in [3.8, 4) is 11.5 Å². The van der Waals surface area contributed by atoms with Crippen molar-refractivity contribution in [1.82, 2.24) is 4.98 Å². The van der Waals surface area contributed by atoms with Gasteiger partial charge in [-0.1, -0.05) is 19.8 Å². The molecular formula is C22H26ClN3O4. The number of hydrogen-bond acceptors (Lipinski definition) is 5. The van der Waals surface area contributed by atoms with Crippen molar-refractivity contribution in [2.75, 3.05) is 24.8 Å². The molecule has 160 valence electrons. The van der Waals surface area contributed by atoms with Gasteiger partial charge in [0.1, 0.15) is 5.56 Å². The summed E-state index contributed by atoms with van der Waals surface area (Å²) in [5.41, 5.74) is 6.82. The van der Waals surface area contributed by atoms with Gasteiger partial charge in [-0.2, -0.15) is 0 Å². The number of amides is 1. The molecule has 2 aromatic carbocycles. The second-order valence-electron chi connectivity index (χ2n) is 6.71. The number of anilines is 2. The number of aromatic nitrogens is 1. The summed E-state index contributed by atoms with van der Waals surface area (Å²) in [6.07, 6.45) is 3.04. The van der Waals surface area contributed by atoms with E-state index in [0.29, 0.717) is 40.4 Å². The number of halogens is 1. The predicted molar refractivity (Wildman–Crippen MR) is 122 cm³/mol. The predicted octanol–water partition coefficient (Wildman–Crippen LogP) is 4.36. The van der Waals surface area contributed by atoms with E-state index in [1.165, 1.54) is 0 Å². The topological polar surface area (TPSA) is 106 Å². The van der Waals surface area contributed by atoms with Gasteiger partial charge in [-0.3, -0.25) is 9.59 Å². The van der Waals surface area contributed by atoms with Crippen molar-refractivity contribution < 1.29 is 14.3 Å². The zero-order chi connectivity index (χ0) is 20.8. The molecular weight excluding hydrogens is 406 g/mol. The monoisotopic (exact) mass is 431 g/mol. The van der Waals surface area contributed by atoms with Crippen LogP contribution in [0.15, 0.2) is 47.3 Å². The number of ether oxygens (including phenoxy) is 2. The second kappa shape index (κ2) is 10.5. The number of nitrogens with two attached hydrogens (primary N) is 1. The average molecular weight is 432 g/mol. The number of fused-ring (bicyclic) bond motifs is 1. The molecule has 0 saturated heterocycles. The van der Waals surface area contributed by atoms with Gasteiger partial charge in [-0.25, -0.2) is 0 Å². The molecule has 0 aliphatic carbocycles. The third kappa shape index (κ3) is 5.24. The minimum Gasteiger partial charge on any atom is -0.493 e. The van der Waals surface area contributed by atoms with E-state index in [0.717, 1.165) is 19.3 Å². The quantitative estimate of drug-likeness (QED) is 0.363. The number of aromatic amines is 1. The van der Waals surface area contributed by atoms with Gasteiger partial charge in [-0.05, 0) is 48.9 Å². The molecule has 1 amide bonds. The number of pyridine rings is 1. The van der Waals surface area contributed by atoms with Crippen LogP contribution >= 0.6 is 12.4 Å². The fraction of sp³-hybridized carbons (Fsp3) is 0.273. The molecule has 0 atom stereocenters. The number of hydrogen-bond donors (Lipinski definition) is 3. The van der Waals surface area contributed by atoms with Crippen molar-refractivity contribution in [2.24, 2.45) is 0 Å². The molecule has 1 heterocycles. The number of carbonyl (C=O) groups excluding carboxylic acids is 1. The molecule has 0 spiro atoms. The van der Waals surface area contributed by atoms with Crippen LogP contribution in [-0.4, -0.2) is 24.6 Å². The number of nitrogen functional groups attached to an aromatic ring is 1. The number of methoxy groups -OCH3 is 1. The van der Waals surface area contributed by atoms with Crippen LogP contribution in [0.25, 0.3) is 10.9 Å². The van der Waals surface area contributed by atoms with E-state index in [2.05, 4.69) is 17.2 Å². The van der Waals surface area contributed by atoms with E-state index in [1.54, 1.807) is 49.6 Å². The summed E-state index contributed by atoms with van der Waals surface area (Å²) in [6, 6.07) is 11.8. The number of benzene rings is 2. The number of rotatable bonds is 8. The first-order valence-electron chi connectivity index (χ1n) is 9.57. The summed E-state index contributed by atoms with van der Waals surface area (Å²) in [6.45, 7) is 2.64. The maximum absolute atomic E-state index is 12.6. The largest absolute Gasteiger partial charge is 0.493 e. The summed E-state index contributed by atoms with van der Waals surface area (Å²) in [5, 5.41) is 3.39. The third-order valence-electron chi connectivity index (χ3n) is 4.56. The zero-order valence-corrected chi connectivity index (χ0v) is 17.8. The first-order valence-corrected chi connectivity index (χ1v) is 9.57. The van der Waals surface area contributed by atoms with E-state index >= 15 is 0 Å². The van der Waals surface area contributed by atoms with Crippen LogP contribution in [0.1, 0.15) is 36.5 Å². The smallest absolute Gasteiger partial charge is 0.261 e. The lowest BCUT2D eigenvalue weighted by Gasteiger charge is -2.14. The first-order chi connectivity index (χ1) is 14.0. The van der Waals surface area contributed by atoms with Crippen molar-refractivity contribution in [3.63, 3.8) is 0 Å². The molecule has 1 aromatic heterocycles. The van der Waals surface area contributed by atoms with Gasteiger partial charge < -0.3 is 25.5 Å². The molecule has 3 aromatic rings. The summed E-state index contributed by atoms with van der Waals surface area (Å²) in [4.78, 5) is 28.0. The summed E-state index contributed by atoms with van der Waals surface area (Å²) < 4.78 is 11.3. The highest BCUT2D eigenvalue weighted by Gasteiger charge is 2.16. The lowest BCUT2D eigenvalue weighted by Crippen LogP contribution is -2.23. The van der Waals surface area contributed by atoms with Gasteiger partial charge in [-0.15, -0.1) is 12.4 Å². The Kier molecular flexibility index (Phi) is 8.12. The molecule has 0 radical (unpaired) electrons. The molecule has 30 heavy (non-hydrogen) atoms. The van der Waals surface area contributed by atoms with Crippen LogP contribution in [0.4, 0.5) is 11.4 Å². The van der Waals surface area contributed by atoms with Gasteiger partial charge in [0.15, 0.2) is 11.5 Å². The van der Waals surface area contributed by atoms with Gasteiger partial charge in [0.25, 0.3) is 11.5 Å². The maximum Gasteiger partial charge on any atom is 0.261 e. The zero-order valence-electron chi connectivity index (χ0n) is 17.0. The Morgan fingerprint density at radius 3 is 2.53 bits per heavy atom. The molecule has 0 bridgehead atoms. The molecule has 0 unspecified atom stereocenters. The fourth-order valence-corrected chi connectivity index (χ4v) is 2.99. The summed E-state index contributed by atoms with van der Waals surface area (Å²) in [7, 11) is 1.55. The van der Waals surface area contributed by atoms with Gasteiger partial charge >= 0.3 is 0 Å². The van der Waals surface area contributed by atoms with E-state index in [1.807, 2.05) is 0 Å². The van der Waals surface area contributed by atoms with Gasteiger partial charge in [0.2, 0.25) is 0 Å². The Morgan fingerprint density at radius 1 is 1.13 bits per heavy atom. The van der Waals surface area contributed by atoms with E-state index in [4.69, 9.17) is 15.2 Å². The molecule has 7 nitrogen and oxygen atoms in total. The van der Waals surface area contributed by atoms with Gasteiger partial charge in [0, 0.05) is 16.8 Å². The van der Waals surface area contributed by atoms with Crippen LogP contribution in [0.2, 0.25) is 0 Å². The van der Waals surface area contributed by atoms with E-state index in [-0.39, 0.29) is 18.0 Å². The highest BCUT2D eigenvalue weighted by atomic mass is 35.5. The Balaban J connectivity index is 0.00000320. The molecule has 0 aliphatic heterocycles. The van der Waals surface area contributed by atoms with Crippen LogP contribution in [0, 0.1) is 0 Å². The maximum atomic E-state index is 12.6. The second-order valence-corrected chi connectivity index (χ2v) is 6.71. The van der Waals surface area contributed by atoms with E-state index < -0.39 is 11.5 Å². The normalized spacial score (nSPS) is 10.3. The molecule has 0 fully saturated rings. The number of carbonyl (C=O) groups is 1. The Hall–Kier alpha value is -3.19. The highest BCUT2D eigenvalue weighted by Crippen LogP contribution is 2.34. The number of H-pyrrole nitrogens is 1. The standard InChI is InChI=1S/C22H25N3O4.ClH/c1-3-4-5-12-29-20-18(28-2)11-6-14-13-17(22(27)25-19(14)20)21(26)24-16-9-7-15(23)8-10-16;/h6-11,13H,3-5,12,23H2,1-2H3,(H,24,26)(H,25,27);1H. The van der Waals surface area contributed by atoms with Gasteiger partial charge in [0.05, 0.1) is 19.2 Å². The van der Waals surface area contributed by atoms with E-state index in [9.17, 15) is 9.59 Å². The van der Waals surface area contributed by atoms with Crippen molar-refractivity contribution in [3.05, 3.63) is 58.4 Å². The van der Waals surface area contributed by atoms with Crippen LogP contribution in [-0.2, 0) is 0 Å². The Labute approximate surface area is 181 Å². The SMILES string of the molecule is CCCCCOc1c(OC)ccc2cc(C(=O)Nc3ccc(N)cc3)c(=O)[nH]c12.Cl. The number of unbranched alkanes of at least 4 members (excludes halogenated alkanes) is 2. The molecule has 3 rings (SSSR count). The van der Waals surface area contributed by atoms with Crippen LogP contribution in [0.5, 0.6) is 11.5 Å². The Morgan fingerprint density at radius 2 is 1.87 bits per heavy atom. The molecule has 0 saturated carbocycles. The lowest BCUT2D eigenvalue weighted by molar-refractivity contribution is 0.102. The van der Waals surface area contributed by atoms with Crippen LogP contribution in [0.3, 0.4) is 0 Å². The fourth-order valence-electron chi connectivity index (χ4n) is 2.99. The average Bonchev–Trinajstić information content (AvgIpc) is 2.72. The lowest BCUT2D eigenvalue weighted by atomic mass is 10.1. The summed E-state index contributed by atoms with van der Waals surface area (Å²) >= 11 is 0.